The molecule has 0 spiro atoms. The van der Waals surface area contributed by atoms with Gasteiger partial charge in [0.1, 0.15) is 12.2 Å². The van der Waals surface area contributed by atoms with Gasteiger partial charge in [0.05, 0.1) is 0 Å². The van der Waals surface area contributed by atoms with Gasteiger partial charge in [0.2, 0.25) is 11.8 Å². The third-order valence-electron chi connectivity index (χ3n) is 3.40. The normalized spacial score (nSPS) is 10.2. The molecule has 2 aromatic rings. The SMILES string of the molecule is CN(Cc1ccccc1)C(=O)CC(=O)NCc1ccc(F)cc1. The van der Waals surface area contributed by atoms with E-state index < -0.39 is 0 Å². The van der Waals surface area contributed by atoms with Crippen LogP contribution >= 0.6 is 0 Å². The lowest BCUT2D eigenvalue weighted by Gasteiger charge is -2.17. The van der Waals surface area contributed by atoms with E-state index in [1.165, 1.54) is 17.0 Å². The first-order chi connectivity index (χ1) is 11.0. The van der Waals surface area contributed by atoms with Gasteiger partial charge < -0.3 is 10.2 Å². The molecule has 2 aromatic carbocycles. The highest BCUT2D eigenvalue weighted by atomic mass is 19.1. The van der Waals surface area contributed by atoms with Crippen LogP contribution in [-0.2, 0) is 22.7 Å². The Labute approximate surface area is 134 Å². The van der Waals surface area contributed by atoms with Gasteiger partial charge in [-0.1, -0.05) is 42.5 Å². The fourth-order valence-electron chi connectivity index (χ4n) is 2.08. The number of amides is 2. The van der Waals surface area contributed by atoms with Gasteiger partial charge >= 0.3 is 0 Å². The predicted molar refractivity (Wildman–Crippen MR) is 85.8 cm³/mol. The maximum absolute atomic E-state index is 12.8. The summed E-state index contributed by atoms with van der Waals surface area (Å²) in [6.45, 7) is 0.736. The fourth-order valence-corrected chi connectivity index (χ4v) is 2.08. The summed E-state index contributed by atoms with van der Waals surface area (Å²) in [6.07, 6.45) is -0.204. The van der Waals surface area contributed by atoms with Crippen molar-refractivity contribution in [3.63, 3.8) is 0 Å². The van der Waals surface area contributed by atoms with Crippen LogP contribution in [0.3, 0.4) is 0 Å². The Morgan fingerprint density at radius 1 is 1.00 bits per heavy atom. The molecule has 0 radical (unpaired) electrons. The molecule has 0 aromatic heterocycles. The maximum Gasteiger partial charge on any atom is 0.232 e. The van der Waals surface area contributed by atoms with Crippen LogP contribution in [0.25, 0.3) is 0 Å². The molecule has 0 aliphatic carbocycles. The van der Waals surface area contributed by atoms with Crippen LogP contribution < -0.4 is 5.32 Å². The van der Waals surface area contributed by atoms with Crippen molar-refractivity contribution in [1.82, 2.24) is 10.2 Å². The largest absolute Gasteiger partial charge is 0.352 e. The number of rotatable bonds is 6. The Morgan fingerprint density at radius 3 is 2.30 bits per heavy atom. The zero-order chi connectivity index (χ0) is 16.7. The second-order valence-corrected chi connectivity index (χ2v) is 5.32. The van der Waals surface area contributed by atoms with E-state index in [-0.39, 0.29) is 30.6 Å². The molecule has 1 N–H and O–H groups in total. The first-order valence-electron chi connectivity index (χ1n) is 7.33. The summed E-state index contributed by atoms with van der Waals surface area (Å²) in [5.41, 5.74) is 1.79. The van der Waals surface area contributed by atoms with Crippen molar-refractivity contribution in [2.45, 2.75) is 19.5 Å². The first kappa shape index (κ1) is 16.7. The van der Waals surface area contributed by atoms with Crippen LogP contribution in [-0.4, -0.2) is 23.8 Å². The molecule has 0 saturated heterocycles. The lowest BCUT2D eigenvalue weighted by molar-refractivity contribution is -0.135. The minimum Gasteiger partial charge on any atom is -0.352 e. The Hall–Kier alpha value is -2.69. The molecule has 0 saturated carbocycles. The standard InChI is InChI=1S/C18H19FN2O2/c1-21(13-15-5-3-2-4-6-15)18(23)11-17(22)20-12-14-7-9-16(19)10-8-14/h2-10H,11-13H2,1H3,(H,20,22). The number of carbonyl (C=O) groups excluding carboxylic acids is 2. The summed E-state index contributed by atoms with van der Waals surface area (Å²) in [5.74, 6) is -0.914. The van der Waals surface area contributed by atoms with Crippen molar-refractivity contribution in [2.75, 3.05) is 7.05 Å². The molecular weight excluding hydrogens is 295 g/mol. The van der Waals surface area contributed by atoms with Crippen molar-refractivity contribution >= 4 is 11.8 Å². The molecule has 0 aliphatic rings. The molecule has 0 aliphatic heterocycles. The van der Waals surface area contributed by atoms with Gasteiger partial charge in [0.15, 0.2) is 0 Å². The number of hydrogen-bond donors (Lipinski definition) is 1. The van der Waals surface area contributed by atoms with E-state index in [1.54, 1.807) is 19.2 Å². The minimum absolute atomic E-state index is 0.204. The van der Waals surface area contributed by atoms with Gasteiger partial charge in [-0.05, 0) is 23.3 Å². The van der Waals surface area contributed by atoms with Crippen molar-refractivity contribution in [3.8, 4) is 0 Å². The van der Waals surface area contributed by atoms with Gasteiger partial charge in [-0.15, -0.1) is 0 Å². The average molecular weight is 314 g/mol. The smallest absolute Gasteiger partial charge is 0.232 e. The number of hydrogen-bond acceptors (Lipinski definition) is 2. The highest BCUT2D eigenvalue weighted by molar-refractivity contribution is 5.96. The summed E-state index contributed by atoms with van der Waals surface area (Å²) in [5, 5.41) is 2.66. The van der Waals surface area contributed by atoms with Crippen molar-refractivity contribution in [2.24, 2.45) is 0 Å². The van der Waals surface area contributed by atoms with E-state index in [9.17, 15) is 14.0 Å². The number of carbonyl (C=O) groups is 2. The zero-order valence-electron chi connectivity index (χ0n) is 13.0. The second kappa shape index (κ2) is 8.08. The lowest BCUT2D eigenvalue weighted by atomic mass is 10.2. The summed E-state index contributed by atoms with van der Waals surface area (Å²) in [6, 6.07) is 15.4. The van der Waals surface area contributed by atoms with Gasteiger partial charge in [-0.2, -0.15) is 0 Å². The zero-order valence-corrected chi connectivity index (χ0v) is 13.0. The summed E-state index contributed by atoms with van der Waals surface area (Å²) in [7, 11) is 1.67. The maximum atomic E-state index is 12.8. The molecule has 2 rings (SSSR count). The van der Waals surface area contributed by atoms with Crippen LogP contribution in [0.5, 0.6) is 0 Å². The molecule has 0 fully saturated rings. The van der Waals surface area contributed by atoms with E-state index in [1.807, 2.05) is 30.3 Å². The lowest BCUT2D eigenvalue weighted by Crippen LogP contribution is -2.32. The average Bonchev–Trinajstić information content (AvgIpc) is 2.55. The highest BCUT2D eigenvalue weighted by Gasteiger charge is 2.14. The third-order valence-corrected chi connectivity index (χ3v) is 3.40. The van der Waals surface area contributed by atoms with Crippen LogP contribution in [0.4, 0.5) is 4.39 Å². The van der Waals surface area contributed by atoms with Gasteiger partial charge in [-0.25, -0.2) is 4.39 Å². The summed E-state index contributed by atoms with van der Waals surface area (Å²) in [4.78, 5) is 25.4. The number of halogens is 1. The molecule has 5 heteroatoms. The fraction of sp³-hybridized carbons (Fsp3) is 0.222. The molecule has 0 heterocycles. The van der Waals surface area contributed by atoms with Crippen LogP contribution in [0.2, 0.25) is 0 Å². The number of nitrogens with one attached hydrogen (secondary N) is 1. The second-order valence-electron chi connectivity index (χ2n) is 5.32. The summed E-state index contributed by atoms with van der Waals surface area (Å²) < 4.78 is 12.8. The predicted octanol–water partition coefficient (Wildman–Crippen LogP) is 2.49. The number of benzene rings is 2. The summed E-state index contributed by atoms with van der Waals surface area (Å²) >= 11 is 0. The van der Waals surface area contributed by atoms with Crippen LogP contribution in [0.15, 0.2) is 54.6 Å². The van der Waals surface area contributed by atoms with Gasteiger partial charge in [0.25, 0.3) is 0 Å². The first-order valence-corrected chi connectivity index (χ1v) is 7.33. The Balaban J connectivity index is 1.77. The molecule has 0 unspecified atom stereocenters. The topological polar surface area (TPSA) is 49.4 Å². The van der Waals surface area contributed by atoms with E-state index >= 15 is 0 Å². The van der Waals surface area contributed by atoms with E-state index in [0.717, 1.165) is 11.1 Å². The molecule has 0 bridgehead atoms. The molecule has 23 heavy (non-hydrogen) atoms. The molecule has 2 amide bonds. The van der Waals surface area contributed by atoms with Crippen LogP contribution in [0, 0.1) is 5.82 Å². The number of nitrogens with zero attached hydrogens (tertiary/aromatic N) is 1. The van der Waals surface area contributed by atoms with Gasteiger partial charge in [-0.3, -0.25) is 9.59 Å². The Morgan fingerprint density at radius 2 is 1.65 bits per heavy atom. The Kier molecular flexibility index (Phi) is 5.86. The van der Waals surface area contributed by atoms with Crippen molar-refractivity contribution < 1.29 is 14.0 Å². The van der Waals surface area contributed by atoms with Crippen LogP contribution in [0.1, 0.15) is 17.5 Å². The van der Waals surface area contributed by atoms with Crippen molar-refractivity contribution in [1.29, 1.82) is 0 Å². The molecule has 0 atom stereocenters. The highest BCUT2D eigenvalue weighted by Crippen LogP contribution is 2.05. The quantitative estimate of drug-likeness (QED) is 0.833. The Bertz CT molecular complexity index is 656. The molecule has 4 nitrogen and oxygen atoms in total. The van der Waals surface area contributed by atoms with E-state index in [0.29, 0.717) is 6.54 Å². The molecular formula is C18H19FN2O2. The van der Waals surface area contributed by atoms with E-state index in [4.69, 9.17) is 0 Å². The van der Waals surface area contributed by atoms with E-state index in [2.05, 4.69) is 5.32 Å². The van der Waals surface area contributed by atoms with Gasteiger partial charge in [0, 0.05) is 20.1 Å². The monoisotopic (exact) mass is 314 g/mol. The molecule has 120 valence electrons. The minimum atomic E-state index is -0.348. The third kappa shape index (κ3) is 5.54. The van der Waals surface area contributed by atoms with Crippen molar-refractivity contribution in [3.05, 3.63) is 71.5 Å².